The van der Waals surface area contributed by atoms with Crippen molar-refractivity contribution < 1.29 is 27.0 Å². The molecule has 0 radical (unpaired) electrons. The van der Waals surface area contributed by atoms with E-state index in [0.29, 0.717) is 46.7 Å². The fourth-order valence-corrected chi connectivity index (χ4v) is 4.40. The van der Waals surface area contributed by atoms with Crippen LogP contribution in [0.2, 0.25) is 0 Å². The molecule has 1 fully saturated rings. The molecule has 0 spiro atoms. The van der Waals surface area contributed by atoms with Crippen molar-refractivity contribution in [1.29, 1.82) is 0 Å². The van der Waals surface area contributed by atoms with Crippen LogP contribution >= 0.6 is 0 Å². The van der Waals surface area contributed by atoms with Gasteiger partial charge in [0.1, 0.15) is 24.1 Å². The Bertz CT molecular complexity index is 1220. The molecule has 10 heteroatoms. The highest BCUT2D eigenvalue weighted by atomic mass is 19.4. The summed E-state index contributed by atoms with van der Waals surface area (Å²) in [4.78, 5) is 11.2. The molecule has 6 nitrogen and oxygen atoms in total. The third-order valence-electron chi connectivity index (χ3n) is 6.35. The zero-order chi connectivity index (χ0) is 25.3. The number of hydrogen-bond acceptors (Lipinski definition) is 6. The van der Waals surface area contributed by atoms with Crippen LogP contribution in [0, 0.1) is 12.7 Å². The van der Waals surface area contributed by atoms with E-state index in [0.717, 1.165) is 25.5 Å². The van der Waals surface area contributed by atoms with Crippen LogP contribution in [0.25, 0.3) is 10.9 Å². The lowest BCUT2D eigenvalue weighted by Gasteiger charge is -2.22. The SMILES string of the molecule is COc1cc2nc(C)nc(N[C@H](C)c3cccc(C(F)(F)F)c3F)c2cc1OCC1CCCN1C. The molecule has 0 bridgehead atoms. The molecule has 3 aromatic rings. The molecule has 0 saturated carbocycles. The normalized spacial score (nSPS) is 17.5. The Morgan fingerprint density at radius 1 is 1.20 bits per heavy atom. The van der Waals surface area contributed by atoms with Gasteiger partial charge in [-0.15, -0.1) is 0 Å². The van der Waals surface area contributed by atoms with Gasteiger partial charge in [0, 0.05) is 23.1 Å². The third-order valence-corrected chi connectivity index (χ3v) is 6.35. The van der Waals surface area contributed by atoms with Crippen LogP contribution in [0.4, 0.5) is 23.4 Å². The second kappa shape index (κ2) is 9.85. The van der Waals surface area contributed by atoms with Gasteiger partial charge < -0.3 is 19.7 Å². The first-order valence-corrected chi connectivity index (χ1v) is 11.4. The highest BCUT2D eigenvalue weighted by Crippen LogP contribution is 2.37. The average Bonchev–Trinajstić information content (AvgIpc) is 3.21. The molecule has 2 aromatic carbocycles. The summed E-state index contributed by atoms with van der Waals surface area (Å²) in [5.74, 6) is 0.525. The number of fused-ring (bicyclic) bond motifs is 1. The van der Waals surface area contributed by atoms with Gasteiger partial charge in [-0.25, -0.2) is 14.4 Å². The van der Waals surface area contributed by atoms with Gasteiger partial charge in [-0.05, 0) is 52.4 Å². The number of halogens is 4. The van der Waals surface area contributed by atoms with Crippen molar-refractivity contribution in [1.82, 2.24) is 14.9 Å². The maximum atomic E-state index is 14.7. The number of aryl methyl sites for hydroxylation is 1. The van der Waals surface area contributed by atoms with E-state index in [1.165, 1.54) is 12.1 Å². The number of methoxy groups -OCH3 is 1. The van der Waals surface area contributed by atoms with Crippen molar-refractivity contribution >= 4 is 16.7 Å². The van der Waals surface area contributed by atoms with Crippen LogP contribution in [-0.4, -0.2) is 48.2 Å². The van der Waals surface area contributed by atoms with Crippen LogP contribution in [-0.2, 0) is 6.18 Å². The summed E-state index contributed by atoms with van der Waals surface area (Å²) in [6.45, 7) is 4.79. The zero-order valence-electron chi connectivity index (χ0n) is 20.0. The number of likely N-dealkylation sites (N-methyl/N-ethyl adjacent to an activating group) is 1. The molecule has 2 atom stereocenters. The second-order valence-corrected chi connectivity index (χ2v) is 8.80. The van der Waals surface area contributed by atoms with Crippen molar-refractivity contribution in [3.05, 3.63) is 53.1 Å². The third kappa shape index (κ3) is 5.27. The number of rotatable bonds is 7. The van der Waals surface area contributed by atoms with E-state index in [4.69, 9.17) is 9.47 Å². The first kappa shape index (κ1) is 25.0. The molecule has 1 unspecified atom stereocenters. The number of hydrogen-bond donors (Lipinski definition) is 1. The molecular weight excluding hydrogens is 464 g/mol. The Balaban J connectivity index is 1.68. The fourth-order valence-electron chi connectivity index (χ4n) is 4.40. The molecule has 1 saturated heterocycles. The number of nitrogens with one attached hydrogen (secondary N) is 1. The topological polar surface area (TPSA) is 59.5 Å². The molecule has 1 aliphatic rings. The molecule has 0 amide bonds. The standard InChI is InChI=1S/C25H28F4N4O2/c1-14(17-8-5-9-19(23(17)26)25(27,28)29)30-24-18-11-22(35-13-16-7-6-10-33(16)3)21(34-4)12-20(18)31-15(2)32-24/h5,8-9,11-12,14,16H,6-7,10,13H2,1-4H3,(H,30,31,32)/t14-,16?/m1/s1. The van der Waals surface area contributed by atoms with Crippen LogP contribution in [0.5, 0.6) is 11.5 Å². The van der Waals surface area contributed by atoms with Crippen LogP contribution in [0.1, 0.15) is 42.8 Å². The average molecular weight is 493 g/mol. The van der Waals surface area contributed by atoms with Crippen molar-refractivity contribution in [3.63, 3.8) is 0 Å². The van der Waals surface area contributed by atoms with Gasteiger partial charge >= 0.3 is 6.18 Å². The number of ether oxygens (including phenoxy) is 2. The van der Waals surface area contributed by atoms with Crippen molar-refractivity contribution in [2.24, 2.45) is 0 Å². The zero-order valence-corrected chi connectivity index (χ0v) is 20.0. The summed E-state index contributed by atoms with van der Waals surface area (Å²) in [6.07, 6.45) is -2.62. The first-order chi connectivity index (χ1) is 16.6. The van der Waals surface area contributed by atoms with Gasteiger partial charge in [0.25, 0.3) is 0 Å². The van der Waals surface area contributed by atoms with E-state index < -0.39 is 23.6 Å². The minimum absolute atomic E-state index is 0.113. The number of nitrogens with zero attached hydrogens (tertiary/aromatic N) is 3. The van der Waals surface area contributed by atoms with Crippen LogP contribution in [0.15, 0.2) is 30.3 Å². The highest BCUT2D eigenvalue weighted by Gasteiger charge is 2.35. The maximum absolute atomic E-state index is 14.7. The van der Waals surface area contributed by atoms with Gasteiger partial charge in [0.05, 0.1) is 24.2 Å². The molecule has 0 aliphatic carbocycles. The summed E-state index contributed by atoms with van der Waals surface area (Å²) in [7, 11) is 3.60. The van der Waals surface area contributed by atoms with Crippen molar-refractivity contribution in [2.45, 2.75) is 44.9 Å². The fraction of sp³-hybridized carbons (Fsp3) is 0.440. The molecular formula is C25H28F4N4O2. The van der Waals surface area contributed by atoms with Gasteiger partial charge in [-0.2, -0.15) is 13.2 Å². The number of likely N-dealkylation sites (tertiary alicyclic amines) is 1. The Morgan fingerprint density at radius 3 is 2.63 bits per heavy atom. The first-order valence-electron chi connectivity index (χ1n) is 11.4. The second-order valence-electron chi connectivity index (χ2n) is 8.80. The quantitative estimate of drug-likeness (QED) is 0.424. The Kier molecular flexibility index (Phi) is 7.02. The maximum Gasteiger partial charge on any atom is 0.419 e. The molecule has 1 N–H and O–H groups in total. The predicted octanol–water partition coefficient (Wildman–Crippen LogP) is 5.75. The van der Waals surface area contributed by atoms with E-state index >= 15 is 0 Å². The minimum Gasteiger partial charge on any atom is -0.493 e. The molecule has 35 heavy (non-hydrogen) atoms. The van der Waals surface area contributed by atoms with E-state index in [1.807, 2.05) is 0 Å². The van der Waals surface area contributed by atoms with Gasteiger partial charge in [-0.3, -0.25) is 0 Å². The molecule has 1 aliphatic heterocycles. The summed E-state index contributed by atoms with van der Waals surface area (Å²) < 4.78 is 65.9. The monoisotopic (exact) mass is 492 g/mol. The van der Waals surface area contributed by atoms with E-state index in [2.05, 4.69) is 27.2 Å². The lowest BCUT2D eigenvalue weighted by Crippen LogP contribution is -2.30. The molecule has 4 rings (SSSR count). The summed E-state index contributed by atoms with van der Waals surface area (Å²) in [5.41, 5.74) is -0.845. The van der Waals surface area contributed by atoms with Gasteiger partial charge in [-0.1, -0.05) is 12.1 Å². The van der Waals surface area contributed by atoms with Gasteiger partial charge in [0.15, 0.2) is 11.5 Å². The summed E-state index contributed by atoms with van der Waals surface area (Å²) >= 11 is 0. The molecule has 1 aromatic heterocycles. The number of aromatic nitrogens is 2. The molecule has 188 valence electrons. The number of anilines is 1. The minimum atomic E-state index is -4.78. The molecule has 2 heterocycles. The number of alkyl halides is 3. The van der Waals surface area contributed by atoms with Crippen molar-refractivity contribution in [2.75, 3.05) is 32.6 Å². The van der Waals surface area contributed by atoms with E-state index in [9.17, 15) is 17.6 Å². The van der Waals surface area contributed by atoms with Crippen LogP contribution < -0.4 is 14.8 Å². The van der Waals surface area contributed by atoms with Crippen LogP contribution in [0.3, 0.4) is 0 Å². The lowest BCUT2D eigenvalue weighted by molar-refractivity contribution is -0.140. The van der Waals surface area contributed by atoms with E-state index in [-0.39, 0.29) is 5.56 Å². The Labute approximate surface area is 201 Å². The summed E-state index contributed by atoms with van der Waals surface area (Å²) in [6, 6.07) is 6.24. The highest BCUT2D eigenvalue weighted by molar-refractivity contribution is 5.92. The van der Waals surface area contributed by atoms with E-state index in [1.54, 1.807) is 33.1 Å². The van der Waals surface area contributed by atoms with Gasteiger partial charge in [0.2, 0.25) is 0 Å². The largest absolute Gasteiger partial charge is 0.493 e. The predicted molar refractivity (Wildman–Crippen MR) is 125 cm³/mol. The summed E-state index contributed by atoms with van der Waals surface area (Å²) in [5, 5.41) is 3.66. The van der Waals surface area contributed by atoms with Crippen molar-refractivity contribution in [3.8, 4) is 11.5 Å². The Hall–Kier alpha value is -3.14. The lowest BCUT2D eigenvalue weighted by atomic mass is 10.0. The Morgan fingerprint density at radius 2 is 1.97 bits per heavy atom. The number of benzene rings is 2. The smallest absolute Gasteiger partial charge is 0.419 e.